The van der Waals surface area contributed by atoms with Crippen molar-refractivity contribution in [2.75, 3.05) is 7.11 Å². The number of hydrogen-bond acceptors (Lipinski definition) is 9. The van der Waals surface area contributed by atoms with Crippen molar-refractivity contribution in [1.82, 2.24) is 14.3 Å². The summed E-state index contributed by atoms with van der Waals surface area (Å²) in [6.45, 7) is 4.85. The summed E-state index contributed by atoms with van der Waals surface area (Å²) in [6.07, 6.45) is 2.96. The summed E-state index contributed by atoms with van der Waals surface area (Å²) in [7, 11) is 1.21. The number of methoxy groups -OCH3 is 1. The van der Waals surface area contributed by atoms with E-state index in [1.165, 1.54) is 31.6 Å². The standard InChI is InChI=1S/C24H22BrF3N4O4S2/c1-23(2,3)36-22(34)32(38-28)21-31-19(14-9-24(14,37-21)20(33)35-4)13-7-12(5-6-15(13)26)8-16(27)17-10-30-18(25)11-29-17/h5-8,10-11,14,19H,9H2,1-4H3/b16-8-. The van der Waals surface area contributed by atoms with E-state index >= 15 is 4.39 Å². The molecule has 3 unspecified atom stereocenters. The molecule has 1 aliphatic carbocycles. The number of rotatable bonds is 5. The number of amides is 1. The molecule has 1 aromatic heterocycles. The smallest absolute Gasteiger partial charge is 0.428 e. The van der Waals surface area contributed by atoms with Gasteiger partial charge in [0.2, 0.25) is 0 Å². The molecule has 2 aliphatic rings. The van der Waals surface area contributed by atoms with E-state index in [0.29, 0.717) is 14.5 Å². The minimum Gasteiger partial charge on any atom is -0.468 e. The predicted molar refractivity (Wildman–Crippen MR) is 143 cm³/mol. The molecule has 1 fully saturated rings. The lowest BCUT2D eigenvalue weighted by atomic mass is 9.98. The van der Waals surface area contributed by atoms with Crippen LogP contribution in [0.3, 0.4) is 0 Å². The number of carbonyl (C=O) groups is 2. The average Bonchev–Trinajstić information content (AvgIpc) is 3.60. The van der Waals surface area contributed by atoms with Crippen LogP contribution >= 0.6 is 40.0 Å². The Kier molecular flexibility index (Phi) is 8.15. The highest BCUT2D eigenvalue weighted by Crippen LogP contribution is 2.65. The fourth-order valence-corrected chi connectivity index (χ4v) is 5.91. The van der Waals surface area contributed by atoms with E-state index in [2.05, 4.69) is 30.9 Å². The molecule has 1 amide bonds. The van der Waals surface area contributed by atoms with Crippen molar-refractivity contribution in [2.24, 2.45) is 10.9 Å². The van der Waals surface area contributed by atoms with Gasteiger partial charge in [0.1, 0.15) is 26.5 Å². The molecule has 202 valence electrons. The zero-order valence-corrected chi connectivity index (χ0v) is 23.8. The van der Waals surface area contributed by atoms with Gasteiger partial charge >= 0.3 is 12.1 Å². The molecule has 0 bridgehead atoms. The second-order valence-electron chi connectivity index (χ2n) is 9.49. The summed E-state index contributed by atoms with van der Waals surface area (Å²) in [6, 6.07) is 2.93. The zero-order valence-electron chi connectivity index (χ0n) is 20.6. The Hall–Kier alpha value is -2.58. The number of nitrogens with zero attached hydrogens (tertiary/aromatic N) is 4. The summed E-state index contributed by atoms with van der Waals surface area (Å²) in [5, 5.41) is -0.174. The topological polar surface area (TPSA) is 94.0 Å². The average molecular weight is 631 g/mol. The van der Waals surface area contributed by atoms with Gasteiger partial charge < -0.3 is 9.47 Å². The Labute approximate surface area is 234 Å². The highest BCUT2D eigenvalue weighted by Gasteiger charge is 2.68. The predicted octanol–water partition coefficient (Wildman–Crippen LogP) is 6.69. The van der Waals surface area contributed by atoms with Gasteiger partial charge in [-0.15, -0.1) is 3.89 Å². The maximum Gasteiger partial charge on any atom is 0.428 e. The van der Waals surface area contributed by atoms with Crippen molar-refractivity contribution < 1.29 is 31.7 Å². The lowest BCUT2D eigenvalue weighted by molar-refractivity contribution is -0.141. The SMILES string of the molecule is COC(=O)C12CC1C(c1cc(/C=C(\F)c3cnc(Br)cn3)ccc1F)N=C(N(SF)C(=O)OC(C)(C)C)S2. The van der Waals surface area contributed by atoms with Crippen LogP contribution in [0, 0.1) is 11.7 Å². The van der Waals surface area contributed by atoms with E-state index in [0.717, 1.165) is 23.9 Å². The number of amidine groups is 1. The molecule has 0 saturated heterocycles. The summed E-state index contributed by atoms with van der Waals surface area (Å²) < 4.78 is 54.0. The maximum absolute atomic E-state index is 15.1. The number of hydrogen-bond donors (Lipinski definition) is 0. The highest BCUT2D eigenvalue weighted by molar-refractivity contribution is 9.10. The van der Waals surface area contributed by atoms with E-state index < -0.39 is 58.3 Å². The van der Waals surface area contributed by atoms with E-state index in [-0.39, 0.29) is 22.8 Å². The van der Waals surface area contributed by atoms with E-state index in [1.807, 2.05) is 0 Å². The number of carbonyl (C=O) groups excluding carboxylic acids is 2. The van der Waals surface area contributed by atoms with Crippen LogP contribution in [0.2, 0.25) is 0 Å². The Bertz CT molecular complexity index is 1320. The second kappa shape index (κ2) is 10.9. The first-order valence-corrected chi connectivity index (χ1v) is 13.5. The van der Waals surface area contributed by atoms with Crippen molar-refractivity contribution in [3.63, 3.8) is 0 Å². The summed E-state index contributed by atoms with van der Waals surface area (Å²) >= 11 is 3.57. The van der Waals surface area contributed by atoms with Crippen LogP contribution in [0.15, 0.2) is 40.2 Å². The number of halogens is 4. The summed E-state index contributed by atoms with van der Waals surface area (Å²) in [5.41, 5.74) is -0.599. The first-order chi connectivity index (χ1) is 17.9. The van der Waals surface area contributed by atoms with Crippen LogP contribution < -0.4 is 0 Å². The molecular formula is C24H22BrF3N4O4S2. The molecule has 4 rings (SSSR count). The van der Waals surface area contributed by atoms with Crippen molar-refractivity contribution in [2.45, 2.75) is 43.6 Å². The maximum atomic E-state index is 15.1. The second-order valence-corrected chi connectivity index (χ2v) is 12.1. The van der Waals surface area contributed by atoms with E-state index in [4.69, 9.17) is 9.47 Å². The molecule has 0 spiro atoms. The van der Waals surface area contributed by atoms with Crippen LogP contribution in [0.25, 0.3) is 11.9 Å². The minimum absolute atomic E-state index is 0.0201. The molecule has 0 N–H and O–H groups in total. The van der Waals surface area contributed by atoms with Crippen LogP contribution in [0.1, 0.15) is 50.1 Å². The molecule has 8 nitrogen and oxygen atoms in total. The van der Waals surface area contributed by atoms with Crippen LogP contribution in [-0.4, -0.2) is 49.0 Å². The molecule has 1 aromatic carbocycles. The highest BCUT2D eigenvalue weighted by atomic mass is 79.9. The first-order valence-electron chi connectivity index (χ1n) is 11.2. The van der Waals surface area contributed by atoms with Gasteiger partial charge in [-0.3, -0.25) is 9.79 Å². The molecule has 14 heteroatoms. The summed E-state index contributed by atoms with van der Waals surface area (Å²) in [5.74, 6) is -2.46. The fourth-order valence-electron chi connectivity index (χ4n) is 3.95. The van der Waals surface area contributed by atoms with Crippen molar-refractivity contribution in [3.8, 4) is 0 Å². The van der Waals surface area contributed by atoms with Crippen LogP contribution in [0.5, 0.6) is 0 Å². The van der Waals surface area contributed by atoms with Gasteiger partial charge in [-0.05, 0) is 66.9 Å². The van der Waals surface area contributed by atoms with Crippen molar-refractivity contribution in [1.29, 1.82) is 0 Å². The third-order valence-corrected chi connectivity index (χ3v) is 8.15. The number of aromatic nitrogens is 2. The Balaban J connectivity index is 1.74. The molecular weight excluding hydrogens is 609 g/mol. The number of ether oxygens (including phenoxy) is 2. The fraction of sp³-hybridized carbons (Fsp3) is 0.375. The molecule has 38 heavy (non-hydrogen) atoms. The number of aliphatic imine (C=N–C) groups is 1. The minimum atomic E-state index is -1.19. The van der Waals surface area contributed by atoms with Crippen molar-refractivity contribution in [3.05, 3.63) is 57.8 Å². The van der Waals surface area contributed by atoms with Gasteiger partial charge in [0.05, 0.1) is 25.5 Å². The van der Waals surface area contributed by atoms with Gasteiger partial charge in [0.25, 0.3) is 0 Å². The van der Waals surface area contributed by atoms with Crippen LogP contribution in [-0.2, 0) is 14.3 Å². The summed E-state index contributed by atoms with van der Waals surface area (Å²) in [4.78, 5) is 37.8. The largest absolute Gasteiger partial charge is 0.468 e. The van der Waals surface area contributed by atoms with Gasteiger partial charge in [0.15, 0.2) is 23.3 Å². The Morgan fingerprint density at radius 2 is 2.03 bits per heavy atom. The molecule has 3 atom stereocenters. The quantitative estimate of drug-likeness (QED) is 0.266. The molecule has 0 radical (unpaired) electrons. The lowest BCUT2D eigenvalue weighted by Gasteiger charge is -2.30. The van der Waals surface area contributed by atoms with E-state index in [1.54, 1.807) is 20.8 Å². The van der Waals surface area contributed by atoms with Crippen LogP contribution in [0.4, 0.5) is 17.5 Å². The number of esters is 1. The van der Waals surface area contributed by atoms with Gasteiger partial charge in [-0.1, -0.05) is 17.8 Å². The number of thioether (sulfide) groups is 1. The number of fused-ring (bicyclic) bond motifs is 1. The van der Waals surface area contributed by atoms with Crippen molar-refractivity contribution >= 4 is 69.2 Å². The first kappa shape index (κ1) is 28.4. The molecule has 1 saturated carbocycles. The lowest BCUT2D eigenvalue weighted by Crippen LogP contribution is -2.39. The number of benzene rings is 1. The van der Waals surface area contributed by atoms with Gasteiger partial charge in [-0.2, -0.15) is 4.31 Å². The Morgan fingerprint density at radius 1 is 1.29 bits per heavy atom. The molecule has 2 aromatic rings. The third kappa shape index (κ3) is 5.86. The van der Waals surface area contributed by atoms with Gasteiger partial charge in [-0.25, -0.2) is 23.5 Å². The molecule has 2 heterocycles. The van der Waals surface area contributed by atoms with E-state index in [9.17, 15) is 17.9 Å². The molecule has 1 aliphatic heterocycles. The Morgan fingerprint density at radius 3 is 2.63 bits per heavy atom. The zero-order chi connectivity index (χ0) is 27.8. The van der Waals surface area contributed by atoms with Gasteiger partial charge in [0, 0.05) is 11.5 Å². The normalized spacial score (nSPS) is 22.7. The third-order valence-electron chi connectivity index (χ3n) is 5.70. The monoisotopic (exact) mass is 630 g/mol.